The van der Waals surface area contributed by atoms with Gasteiger partial charge in [-0.15, -0.1) is 11.8 Å². The van der Waals surface area contributed by atoms with Crippen molar-refractivity contribution in [2.24, 2.45) is 0 Å². The zero-order chi connectivity index (χ0) is 11.3. The van der Waals surface area contributed by atoms with Crippen molar-refractivity contribution >= 4 is 11.8 Å². The van der Waals surface area contributed by atoms with Gasteiger partial charge in [0.1, 0.15) is 5.60 Å². The molecule has 3 heteroatoms. The van der Waals surface area contributed by atoms with Crippen LogP contribution in [0.5, 0.6) is 0 Å². The number of hydrogen-bond acceptors (Lipinski definition) is 3. The van der Waals surface area contributed by atoms with E-state index in [1.54, 1.807) is 24.2 Å². The third-order valence-corrected chi connectivity index (χ3v) is 3.52. The van der Waals surface area contributed by atoms with Crippen molar-refractivity contribution in [1.29, 1.82) is 0 Å². The SMILES string of the molecule is CC=C(SCC)C(C)(O)c1ccncc1. The molecule has 1 aromatic rings. The summed E-state index contributed by atoms with van der Waals surface area (Å²) in [7, 11) is 0. The van der Waals surface area contributed by atoms with E-state index in [-0.39, 0.29) is 0 Å². The molecule has 0 saturated heterocycles. The predicted octanol–water partition coefficient (Wildman–Crippen LogP) is 2.95. The highest BCUT2D eigenvalue weighted by atomic mass is 32.2. The highest BCUT2D eigenvalue weighted by Gasteiger charge is 2.27. The summed E-state index contributed by atoms with van der Waals surface area (Å²) in [5.74, 6) is 0.959. The lowest BCUT2D eigenvalue weighted by atomic mass is 9.96. The largest absolute Gasteiger partial charge is 0.380 e. The van der Waals surface area contributed by atoms with Crippen LogP contribution in [0.3, 0.4) is 0 Å². The van der Waals surface area contributed by atoms with Gasteiger partial charge in [-0.3, -0.25) is 4.98 Å². The summed E-state index contributed by atoms with van der Waals surface area (Å²) in [5, 5.41) is 10.5. The van der Waals surface area contributed by atoms with Gasteiger partial charge in [-0.1, -0.05) is 13.0 Å². The molecule has 0 radical (unpaired) electrons. The Morgan fingerprint density at radius 2 is 2.13 bits per heavy atom. The van der Waals surface area contributed by atoms with Gasteiger partial charge >= 0.3 is 0 Å². The second-order valence-corrected chi connectivity index (χ2v) is 4.70. The van der Waals surface area contributed by atoms with E-state index in [0.717, 1.165) is 16.2 Å². The second kappa shape index (κ2) is 5.33. The molecule has 0 amide bonds. The van der Waals surface area contributed by atoms with Gasteiger partial charge in [0.15, 0.2) is 0 Å². The quantitative estimate of drug-likeness (QED) is 0.852. The Labute approximate surface area is 95.4 Å². The number of hydrogen-bond donors (Lipinski definition) is 1. The Morgan fingerprint density at radius 1 is 1.53 bits per heavy atom. The molecular formula is C12H17NOS. The van der Waals surface area contributed by atoms with Gasteiger partial charge in [0.2, 0.25) is 0 Å². The maximum atomic E-state index is 10.5. The first-order chi connectivity index (χ1) is 7.12. The molecule has 0 aliphatic heterocycles. The molecule has 2 nitrogen and oxygen atoms in total. The van der Waals surface area contributed by atoms with Gasteiger partial charge in [-0.2, -0.15) is 0 Å². The molecule has 0 aromatic carbocycles. The standard InChI is InChI=1S/C12H17NOS/c1-4-11(15-5-2)12(3,14)10-6-8-13-9-7-10/h4,6-9,14H,5H2,1-3H3. The van der Waals surface area contributed by atoms with Gasteiger partial charge in [0.25, 0.3) is 0 Å². The van der Waals surface area contributed by atoms with Crippen LogP contribution in [0, 0.1) is 0 Å². The Balaban J connectivity index is 3.01. The first kappa shape index (κ1) is 12.3. The Morgan fingerprint density at radius 3 is 2.60 bits per heavy atom. The number of thioether (sulfide) groups is 1. The molecule has 0 bridgehead atoms. The van der Waals surface area contributed by atoms with Crippen molar-refractivity contribution in [2.45, 2.75) is 26.4 Å². The van der Waals surface area contributed by atoms with Crippen LogP contribution in [-0.2, 0) is 5.60 Å². The van der Waals surface area contributed by atoms with Crippen LogP contribution in [0.2, 0.25) is 0 Å². The Bertz CT molecular complexity index is 333. The van der Waals surface area contributed by atoms with Crippen LogP contribution in [-0.4, -0.2) is 15.8 Å². The van der Waals surface area contributed by atoms with E-state index in [0.29, 0.717) is 0 Å². The van der Waals surface area contributed by atoms with E-state index in [2.05, 4.69) is 11.9 Å². The molecule has 1 heterocycles. The van der Waals surface area contributed by atoms with Crippen molar-refractivity contribution in [1.82, 2.24) is 4.98 Å². The summed E-state index contributed by atoms with van der Waals surface area (Å²) >= 11 is 1.67. The van der Waals surface area contributed by atoms with Crippen molar-refractivity contribution in [3.8, 4) is 0 Å². The molecule has 1 unspecified atom stereocenters. The first-order valence-corrected chi connectivity index (χ1v) is 6.04. The molecule has 0 aliphatic carbocycles. The molecular weight excluding hydrogens is 206 g/mol. The van der Waals surface area contributed by atoms with E-state index in [1.165, 1.54) is 0 Å². The Hall–Kier alpha value is -0.800. The van der Waals surface area contributed by atoms with Crippen molar-refractivity contribution < 1.29 is 5.11 Å². The van der Waals surface area contributed by atoms with Crippen molar-refractivity contribution in [2.75, 3.05) is 5.75 Å². The smallest absolute Gasteiger partial charge is 0.117 e. The van der Waals surface area contributed by atoms with E-state index in [9.17, 15) is 5.11 Å². The van der Waals surface area contributed by atoms with Crippen molar-refractivity contribution in [3.63, 3.8) is 0 Å². The molecule has 1 N–H and O–H groups in total. The average molecular weight is 223 g/mol. The fourth-order valence-corrected chi connectivity index (χ4v) is 2.36. The molecule has 1 aromatic heterocycles. The average Bonchev–Trinajstić information content (AvgIpc) is 2.27. The molecule has 0 spiro atoms. The normalized spacial score (nSPS) is 16.1. The fraction of sp³-hybridized carbons (Fsp3) is 0.417. The number of allylic oxidation sites excluding steroid dienone is 1. The van der Waals surface area contributed by atoms with Crippen LogP contribution in [0.4, 0.5) is 0 Å². The maximum Gasteiger partial charge on any atom is 0.117 e. The lowest BCUT2D eigenvalue weighted by Crippen LogP contribution is -2.22. The van der Waals surface area contributed by atoms with E-state index >= 15 is 0 Å². The van der Waals surface area contributed by atoms with Gasteiger partial charge in [-0.25, -0.2) is 0 Å². The van der Waals surface area contributed by atoms with Gasteiger partial charge < -0.3 is 5.11 Å². The minimum absolute atomic E-state index is 0.881. The minimum atomic E-state index is -0.904. The zero-order valence-electron chi connectivity index (χ0n) is 9.40. The Kier molecular flexibility index (Phi) is 4.36. The lowest BCUT2D eigenvalue weighted by molar-refractivity contribution is 0.107. The van der Waals surface area contributed by atoms with Crippen molar-refractivity contribution in [3.05, 3.63) is 41.1 Å². The van der Waals surface area contributed by atoms with Crippen LogP contribution >= 0.6 is 11.8 Å². The van der Waals surface area contributed by atoms with Crippen LogP contribution < -0.4 is 0 Å². The van der Waals surface area contributed by atoms with E-state index in [1.807, 2.05) is 32.1 Å². The summed E-state index contributed by atoms with van der Waals surface area (Å²) in [5.41, 5.74) is -0.0233. The third kappa shape index (κ3) is 2.83. The van der Waals surface area contributed by atoms with E-state index < -0.39 is 5.60 Å². The topological polar surface area (TPSA) is 33.1 Å². The number of rotatable bonds is 4. The highest BCUT2D eigenvalue weighted by molar-refractivity contribution is 8.03. The summed E-state index contributed by atoms with van der Waals surface area (Å²) in [6.07, 6.45) is 5.37. The second-order valence-electron chi connectivity index (χ2n) is 3.39. The summed E-state index contributed by atoms with van der Waals surface area (Å²) in [4.78, 5) is 4.94. The number of aliphatic hydroxyl groups is 1. The minimum Gasteiger partial charge on any atom is -0.380 e. The summed E-state index contributed by atoms with van der Waals surface area (Å²) in [6.45, 7) is 5.85. The molecule has 1 rings (SSSR count). The van der Waals surface area contributed by atoms with Crippen LogP contribution in [0.1, 0.15) is 26.3 Å². The summed E-state index contributed by atoms with van der Waals surface area (Å²) in [6, 6.07) is 3.69. The molecule has 0 aliphatic rings. The van der Waals surface area contributed by atoms with E-state index in [4.69, 9.17) is 0 Å². The third-order valence-electron chi connectivity index (χ3n) is 2.28. The van der Waals surface area contributed by atoms with Gasteiger partial charge in [0, 0.05) is 17.3 Å². The van der Waals surface area contributed by atoms with Gasteiger partial charge in [-0.05, 0) is 37.3 Å². The molecule has 1 atom stereocenters. The monoisotopic (exact) mass is 223 g/mol. The summed E-state index contributed by atoms with van der Waals surface area (Å²) < 4.78 is 0. The fourth-order valence-electron chi connectivity index (χ4n) is 1.48. The lowest BCUT2D eigenvalue weighted by Gasteiger charge is -2.26. The van der Waals surface area contributed by atoms with Gasteiger partial charge in [0.05, 0.1) is 0 Å². The molecule has 0 fully saturated rings. The first-order valence-electron chi connectivity index (χ1n) is 5.05. The molecule has 15 heavy (non-hydrogen) atoms. The number of aromatic nitrogens is 1. The number of pyridine rings is 1. The molecule has 82 valence electrons. The van der Waals surface area contributed by atoms with Crippen LogP contribution in [0.25, 0.3) is 0 Å². The predicted molar refractivity (Wildman–Crippen MR) is 65.7 cm³/mol. The molecule has 0 saturated carbocycles. The zero-order valence-corrected chi connectivity index (χ0v) is 10.2. The highest BCUT2D eigenvalue weighted by Crippen LogP contribution is 2.35. The van der Waals surface area contributed by atoms with Crippen LogP contribution in [0.15, 0.2) is 35.5 Å². The maximum absolute atomic E-state index is 10.5. The number of nitrogens with zero attached hydrogens (tertiary/aromatic N) is 1.